The van der Waals surface area contributed by atoms with E-state index in [4.69, 9.17) is 5.73 Å². The molecule has 0 saturated heterocycles. The summed E-state index contributed by atoms with van der Waals surface area (Å²) in [7, 11) is 0. The molecule has 0 amide bonds. The molecule has 0 atom stereocenters. The maximum Gasteiger partial charge on any atom is 0.311 e. The van der Waals surface area contributed by atoms with Gasteiger partial charge in [-0.2, -0.15) is 0 Å². The minimum absolute atomic E-state index is 0.106. The molecule has 0 spiro atoms. The SMILES string of the molecule is Cc1nc(N)ccc1Nc1nc(-c2ccccc2)ccc1[N+](=O)[O-]. The molecule has 120 valence electrons. The van der Waals surface area contributed by atoms with Crippen LogP contribution in [0.2, 0.25) is 0 Å². The molecule has 0 aliphatic rings. The highest BCUT2D eigenvalue weighted by Crippen LogP contribution is 2.30. The van der Waals surface area contributed by atoms with Crippen molar-refractivity contribution in [3.05, 3.63) is 70.4 Å². The van der Waals surface area contributed by atoms with Gasteiger partial charge in [0.1, 0.15) is 5.82 Å². The fourth-order valence-electron chi connectivity index (χ4n) is 2.30. The van der Waals surface area contributed by atoms with Gasteiger partial charge in [-0.25, -0.2) is 9.97 Å². The number of rotatable bonds is 4. The predicted octanol–water partition coefficient (Wildman–Crippen LogP) is 3.69. The Kier molecular flexibility index (Phi) is 4.07. The highest BCUT2D eigenvalue weighted by atomic mass is 16.6. The van der Waals surface area contributed by atoms with Crippen molar-refractivity contribution in [2.45, 2.75) is 6.92 Å². The Hall–Kier alpha value is -3.48. The summed E-state index contributed by atoms with van der Waals surface area (Å²) in [4.78, 5) is 19.4. The van der Waals surface area contributed by atoms with E-state index in [2.05, 4.69) is 15.3 Å². The zero-order valence-electron chi connectivity index (χ0n) is 12.9. The number of aryl methyl sites for hydroxylation is 1. The number of nitro groups is 1. The van der Waals surface area contributed by atoms with Crippen LogP contribution in [0.4, 0.5) is 23.0 Å². The summed E-state index contributed by atoms with van der Waals surface area (Å²) in [6.07, 6.45) is 0. The van der Waals surface area contributed by atoms with Gasteiger partial charge in [0, 0.05) is 11.6 Å². The first-order valence-electron chi connectivity index (χ1n) is 7.25. The van der Waals surface area contributed by atoms with E-state index in [0.717, 1.165) is 5.56 Å². The van der Waals surface area contributed by atoms with Gasteiger partial charge in [0.15, 0.2) is 0 Å². The molecule has 2 aromatic heterocycles. The third-order valence-corrected chi connectivity index (χ3v) is 3.50. The molecule has 2 heterocycles. The largest absolute Gasteiger partial charge is 0.384 e. The summed E-state index contributed by atoms with van der Waals surface area (Å²) in [6.45, 7) is 1.77. The number of aromatic nitrogens is 2. The van der Waals surface area contributed by atoms with Crippen LogP contribution in [0.1, 0.15) is 5.69 Å². The molecule has 0 saturated carbocycles. The summed E-state index contributed by atoms with van der Waals surface area (Å²) in [5, 5.41) is 14.3. The Morgan fingerprint density at radius 3 is 2.46 bits per heavy atom. The van der Waals surface area contributed by atoms with Crippen LogP contribution >= 0.6 is 0 Å². The van der Waals surface area contributed by atoms with Crippen molar-refractivity contribution in [3.8, 4) is 11.3 Å². The number of nitrogens with zero attached hydrogens (tertiary/aromatic N) is 3. The van der Waals surface area contributed by atoms with Gasteiger partial charge in [-0.15, -0.1) is 0 Å². The minimum Gasteiger partial charge on any atom is -0.384 e. The molecule has 0 aliphatic heterocycles. The molecule has 3 aromatic rings. The van der Waals surface area contributed by atoms with Crippen LogP contribution < -0.4 is 11.1 Å². The monoisotopic (exact) mass is 321 g/mol. The Balaban J connectivity index is 2.05. The number of pyridine rings is 2. The van der Waals surface area contributed by atoms with Crippen molar-refractivity contribution in [2.75, 3.05) is 11.1 Å². The lowest BCUT2D eigenvalue weighted by Crippen LogP contribution is -2.03. The van der Waals surface area contributed by atoms with E-state index in [9.17, 15) is 10.1 Å². The number of anilines is 3. The lowest BCUT2D eigenvalue weighted by atomic mass is 10.1. The summed E-state index contributed by atoms with van der Waals surface area (Å²) in [5.41, 5.74) is 8.30. The highest BCUT2D eigenvalue weighted by molar-refractivity contribution is 5.71. The van der Waals surface area contributed by atoms with Crippen LogP contribution in [0.25, 0.3) is 11.3 Å². The van der Waals surface area contributed by atoms with Crippen molar-refractivity contribution < 1.29 is 4.92 Å². The van der Waals surface area contributed by atoms with Crippen molar-refractivity contribution >= 4 is 23.0 Å². The Morgan fingerprint density at radius 1 is 1.04 bits per heavy atom. The molecular weight excluding hydrogens is 306 g/mol. The summed E-state index contributed by atoms with van der Waals surface area (Å²) >= 11 is 0. The minimum atomic E-state index is -0.468. The summed E-state index contributed by atoms with van der Waals surface area (Å²) < 4.78 is 0. The molecule has 24 heavy (non-hydrogen) atoms. The number of nitrogen functional groups attached to an aromatic ring is 1. The topological polar surface area (TPSA) is 107 Å². The van der Waals surface area contributed by atoms with Gasteiger partial charge in [-0.3, -0.25) is 10.1 Å². The van der Waals surface area contributed by atoms with Crippen LogP contribution in [0.15, 0.2) is 54.6 Å². The predicted molar refractivity (Wildman–Crippen MR) is 93.0 cm³/mol. The molecule has 1 aromatic carbocycles. The van der Waals surface area contributed by atoms with Crippen molar-refractivity contribution in [2.24, 2.45) is 0 Å². The van der Waals surface area contributed by atoms with Crippen molar-refractivity contribution in [1.82, 2.24) is 9.97 Å². The van der Waals surface area contributed by atoms with Gasteiger partial charge >= 0.3 is 5.69 Å². The normalized spacial score (nSPS) is 10.4. The van der Waals surface area contributed by atoms with Crippen LogP contribution in [-0.2, 0) is 0 Å². The number of hydrogen-bond acceptors (Lipinski definition) is 6. The molecule has 7 heteroatoms. The molecule has 3 N–H and O–H groups in total. The molecule has 0 radical (unpaired) electrons. The van der Waals surface area contributed by atoms with Crippen molar-refractivity contribution in [1.29, 1.82) is 0 Å². The van der Waals surface area contributed by atoms with E-state index in [1.165, 1.54) is 6.07 Å². The summed E-state index contributed by atoms with van der Waals surface area (Å²) in [5.74, 6) is 0.551. The standard InChI is InChI=1S/C17H15N5O2/c1-11-13(8-10-16(18)19-11)20-17-15(22(23)24)9-7-14(21-17)12-5-3-2-4-6-12/h2-10H,1H3,(H2,18,19)(H,20,21). The first kappa shape index (κ1) is 15.4. The van der Waals surface area contributed by atoms with E-state index in [1.54, 1.807) is 25.1 Å². The third kappa shape index (κ3) is 3.14. The number of benzene rings is 1. The second-order valence-corrected chi connectivity index (χ2v) is 5.18. The Labute approximate surface area is 138 Å². The van der Waals surface area contributed by atoms with Gasteiger partial charge < -0.3 is 11.1 Å². The molecule has 0 bridgehead atoms. The molecule has 3 rings (SSSR count). The third-order valence-electron chi connectivity index (χ3n) is 3.50. The van der Waals surface area contributed by atoms with Crippen LogP contribution in [-0.4, -0.2) is 14.9 Å². The fourth-order valence-corrected chi connectivity index (χ4v) is 2.30. The zero-order valence-corrected chi connectivity index (χ0v) is 12.9. The van der Waals surface area contributed by atoms with Crippen LogP contribution in [0.3, 0.4) is 0 Å². The van der Waals surface area contributed by atoms with Gasteiger partial charge in [0.2, 0.25) is 5.82 Å². The molecule has 0 aliphatic carbocycles. The van der Waals surface area contributed by atoms with Crippen molar-refractivity contribution in [3.63, 3.8) is 0 Å². The lowest BCUT2D eigenvalue weighted by molar-refractivity contribution is -0.384. The average molecular weight is 321 g/mol. The number of nitrogens with two attached hydrogens (primary N) is 1. The van der Waals surface area contributed by atoms with E-state index in [0.29, 0.717) is 22.9 Å². The molecular formula is C17H15N5O2. The van der Waals surface area contributed by atoms with Crippen LogP contribution in [0.5, 0.6) is 0 Å². The Morgan fingerprint density at radius 2 is 1.79 bits per heavy atom. The molecule has 0 unspecified atom stereocenters. The van der Waals surface area contributed by atoms with E-state index in [-0.39, 0.29) is 11.5 Å². The van der Waals surface area contributed by atoms with E-state index >= 15 is 0 Å². The van der Waals surface area contributed by atoms with Gasteiger partial charge in [-0.1, -0.05) is 30.3 Å². The molecule has 7 nitrogen and oxygen atoms in total. The summed E-state index contributed by atoms with van der Waals surface area (Å²) in [6, 6.07) is 15.9. The van der Waals surface area contributed by atoms with E-state index < -0.39 is 4.92 Å². The first-order chi connectivity index (χ1) is 11.5. The quantitative estimate of drug-likeness (QED) is 0.560. The number of hydrogen-bond donors (Lipinski definition) is 2. The zero-order chi connectivity index (χ0) is 17.1. The Bertz CT molecular complexity index is 897. The first-order valence-corrected chi connectivity index (χ1v) is 7.25. The smallest absolute Gasteiger partial charge is 0.311 e. The van der Waals surface area contributed by atoms with E-state index in [1.807, 2.05) is 30.3 Å². The highest BCUT2D eigenvalue weighted by Gasteiger charge is 2.17. The average Bonchev–Trinajstić information content (AvgIpc) is 2.58. The lowest BCUT2D eigenvalue weighted by Gasteiger charge is -2.10. The van der Waals surface area contributed by atoms with Gasteiger partial charge in [0.25, 0.3) is 0 Å². The maximum atomic E-state index is 11.3. The van der Waals surface area contributed by atoms with Gasteiger partial charge in [0.05, 0.1) is 22.0 Å². The van der Waals surface area contributed by atoms with Gasteiger partial charge in [-0.05, 0) is 25.1 Å². The van der Waals surface area contributed by atoms with Crippen LogP contribution in [0, 0.1) is 17.0 Å². The molecule has 0 fully saturated rings. The second-order valence-electron chi connectivity index (χ2n) is 5.18. The fraction of sp³-hybridized carbons (Fsp3) is 0.0588. The maximum absolute atomic E-state index is 11.3. The number of nitrogens with one attached hydrogen (secondary N) is 1. The second kappa shape index (κ2) is 6.33.